The van der Waals surface area contributed by atoms with Crippen LogP contribution in [-0.2, 0) is 9.53 Å². The number of fused-ring (bicyclic) bond motifs is 3. The molecule has 186 valence electrons. The van der Waals surface area contributed by atoms with E-state index in [9.17, 15) is 18.4 Å². The van der Waals surface area contributed by atoms with Gasteiger partial charge < -0.3 is 20.3 Å². The topological polar surface area (TPSA) is 70.7 Å². The Morgan fingerprint density at radius 3 is 2.69 bits per heavy atom. The summed E-state index contributed by atoms with van der Waals surface area (Å²) in [5, 5.41) is 6.54. The third-order valence-corrected chi connectivity index (χ3v) is 7.79. The number of nitrogens with one attached hydrogen (secondary N) is 2. The van der Waals surface area contributed by atoms with Gasteiger partial charge in [0.05, 0.1) is 24.6 Å². The Labute approximate surface area is 204 Å². The van der Waals surface area contributed by atoms with E-state index in [0.29, 0.717) is 26.0 Å². The monoisotopic (exact) mass is 483 g/mol. The second-order valence-corrected chi connectivity index (χ2v) is 9.82. The van der Waals surface area contributed by atoms with Crippen molar-refractivity contribution in [2.75, 3.05) is 25.6 Å². The molecule has 2 aromatic rings. The van der Waals surface area contributed by atoms with Gasteiger partial charge in [-0.2, -0.15) is 0 Å². The summed E-state index contributed by atoms with van der Waals surface area (Å²) in [4.78, 5) is 28.8. The molecule has 2 amide bonds. The van der Waals surface area contributed by atoms with Crippen LogP contribution < -0.4 is 10.6 Å². The maximum atomic E-state index is 14.0. The van der Waals surface area contributed by atoms with E-state index >= 15 is 0 Å². The second-order valence-electron chi connectivity index (χ2n) is 9.82. The van der Waals surface area contributed by atoms with Crippen LogP contribution in [0.2, 0.25) is 0 Å². The highest BCUT2D eigenvalue weighted by molar-refractivity contribution is 5.95. The number of halogens is 2. The van der Waals surface area contributed by atoms with Crippen molar-refractivity contribution in [3.63, 3.8) is 0 Å². The molecule has 2 aliphatic heterocycles. The molecular formula is C27H31F2N3O3. The highest BCUT2D eigenvalue weighted by Crippen LogP contribution is 2.47. The van der Waals surface area contributed by atoms with Crippen LogP contribution in [0.5, 0.6) is 0 Å². The Morgan fingerprint density at radius 2 is 1.89 bits per heavy atom. The van der Waals surface area contributed by atoms with Gasteiger partial charge in [-0.3, -0.25) is 9.59 Å². The molecule has 8 heteroatoms. The number of anilines is 1. The zero-order valence-corrected chi connectivity index (χ0v) is 19.8. The van der Waals surface area contributed by atoms with Crippen LogP contribution in [0.1, 0.15) is 54.1 Å². The van der Waals surface area contributed by atoms with Gasteiger partial charge in [-0.25, -0.2) is 8.78 Å². The number of benzene rings is 2. The zero-order chi connectivity index (χ0) is 24.5. The fourth-order valence-corrected chi connectivity index (χ4v) is 6.12. The molecule has 0 bridgehead atoms. The molecule has 5 atom stereocenters. The molecule has 3 aliphatic rings. The van der Waals surface area contributed by atoms with E-state index in [0.717, 1.165) is 42.6 Å². The zero-order valence-electron chi connectivity index (χ0n) is 19.8. The number of rotatable bonds is 5. The van der Waals surface area contributed by atoms with E-state index < -0.39 is 17.5 Å². The molecule has 2 aromatic carbocycles. The Balaban J connectivity index is 1.37. The molecule has 0 aromatic heterocycles. The number of hydrogen-bond acceptors (Lipinski definition) is 4. The van der Waals surface area contributed by atoms with E-state index in [1.807, 2.05) is 23.1 Å². The molecule has 6 nitrogen and oxygen atoms in total. The lowest BCUT2D eigenvalue weighted by atomic mass is 9.81. The summed E-state index contributed by atoms with van der Waals surface area (Å²) in [5.41, 5.74) is 2.20. The summed E-state index contributed by atoms with van der Waals surface area (Å²) in [5.74, 6) is -2.59. The van der Waals surface area contributed by atoms with Crippen molar-refractivity contribution in [2.24, 2.45) is 11.8 Å². The lowest BCUT2D eigenvalue weighted by Crippen LogP contribution is -2.50. The first-order valence-electron chi connectivity index (χ1n) is 12.4. The van der Waals surface area contributed by atoms with Crippen molar-refractivity contribution in [3.8, 4) is 0 Å². The summed E-state index contributed by atoms with van der Waals surface area (Å²) in [6.07, 6.45) is 4.07. The first kappa shape index (κ1) is 23.7. The number of carbonyl (C=O) groups is 2. The van der Waals surface area contributed by atoms with Gasteiger partial charge in [0.2, 0.25) is 5.91 Å². The van der Waals surface area contributed by atoms with Crippen molar-refractivity contribution in [2.45, 2.75) is 50.2 Å². The van der Waals surface area contributed by atoms with Gasteiger partial charge in [-0.15, -0.1) is 0 Å². The maximum Gasteiger partial charge on any atom is 0.251 e. The molecule has 0 radical (unpaired) electrons. The standard InChI is InChI=1S/C27H31F2N3O3/c1-35-15-24-18-12-13-32(25(18)17-6-2-4-8-22(17)30-24)27(34)19-7-3-5-9-23(19)31-26(33)16-10-11-20(28)21(29)14-16/h2,4,6,8,10-11,14,18-19,23-25,30H,3,5,7,9,12-13,15H2,1H3,(H,31,33)/t18-,19+,23-,24+,25+/m1/s1. The summed E-state index contributed by atoms with van der Waals surface area (Å²) < 4.78 is 32.4. The molecule has 0 unspecified atom stereocenters. The molecule has 35 heavy (non-hydrogen) atoms. The van der Waals surface area contributed by atoms with Crippen molar-refractivity contribution >= 4 is 17.5 Å². The number of likely N-dealkylation sites (tertiary alicyclic amines) is 1. The van der Waals surface area contributed by atoms with E-state index in [1.165, 1.54) is 6.07 Å². The summed E-state index contributed by atoms with van der Waals surface area (Å²) >= 11 is 0. The van der Waals surface area contributed by atoms with E-state index in [4.69, 9.17) is 4.74 Å². The molecule has 2 heterocycles. The van der Waals surface area contributed by atoms with Gasteiger partial charge in [-0.05, 0) is 49.1 Å². The van der Waals surface area contributed by atoms with Gasteiger partial charge in [0.25, 0.3) is 5.91 Å². The van der Waals surface area contributed by atoms with Crippen LogP contribution in [-0.4, -0.2) is 49.1 Å². The van der Waals surface area contributed by atoms with Crippen LogP contribution in [0.4, 0.5) is 14.5 Å². The minimum Gasteiger partial charge on any atom is -0.383 e. The maximum absolute atomic E-state index is 14.0. The third kappa shape index (κ3) is 4.51. The van der Waals surface area contributed by atoms with Gasteiger partial charge >= 0.3 is 0 Å². The van der Waals surface area contributed by atoms with E-state index in [2.05, 4.69) is 16.7 Å². The van der Waals surface area contributed by atoms with Gasteiger partial charge in [0.15, 0.2) is 11.6 Å². The molecule has 2 fully saturated rings. The first-order chi connectivity index (χ1) is 17.0. The van der Waals surface area contributed by atoms with Crippen molar-refractivity contribution < 1.29 is 23.1 Å². The molecule has 2 N–H and O–H groups in total. The molecular weight excluding hydrogens is 452 g/mol. The van der Waals surface area contributed by atoms with Crippen LogP contribution in [0.25, 0.3) is 0 Å². The Morgan fingerprint density at radius 1 is 1.09 bits per heavy atom. The van der Waals surface area contributed by atoms with Crippen LogP contribution >= 0.6 is 0 Å². The van der Waals surface area contributed by atoms with E-state index in [1.54, 1.807) is 7.11 Å². The quantitative estimate of drug-likeness (QED) is 0.666. The fourth-order valence-electron chi connectivity index (χ4n) is 6.12. The molecule has 5 rings (SSSR count). The number of hydrogen-bond donors (Lipinski definition) is 2. The summed E-state index contributed by atoms with van der Waals surface area (Å²) in [7, 11) is 1.69. The number of carbonyl (C=O) groups excluding carboxylic acids is 2. The van der Waals surface area contributed by atoms with Crippen LogP contribution in [0, 0.1) is 23.5 Å². The molecule has 0 spiro atoms. The smallest absolute Gasteiger partial charge is 0.251 e. The van der Waals surface area contributed by atoms with Crippen molar-refractivity contribution in [1.29, 1.82) is 0 Å². The molecule has 1 saturated heterocycles. The minimum atomic E-state index is -1.06. The summed E-state index contributed by atoms with van der Waals surface area (Å²) in [6, 6.07) is 11.0. The average molecular weight is 484 g/mol. The molecule has 1 aliphatic carbocycles. The highest BCUT2D eigenvalue weighted by atomic mass is 19.2. The predicted molar refractivity (Wildman–Crippen MR) is 128 cm³/mol. The number of para-hydroxylation sites is 1. The largest absolute Gasteiger partial charge is 0.383 e. The van der Waals surface area contributed by atoms with E-state index in [-0.39, 0.29) is 41.4 Å². The highest BCUT2D eigenvalue weighted by Gasteiger charge is 2.48. The Kier molecular flexibility index (Phi) is 6.73. The van der Waals surface area contributed by atoms with Gasteiger partial charge in [-0.1, -0.05) is 31.0 Å². The van der Waals surface area contributed by atoms with Gasteiger partial charge in [0.1, 0.15) is 0 Å². The van der Waals surface area contributed by atoms with Crippen LogP contribution in [0.3, 0.4) is 0 Å². The van der Waals surface area contributed by atoms with Crippen molar-refractivity contribution in [1.82, 2.24) is 10.2 Å². The second kappa shape index (κ2) is 9.93. The Hall–Kier alpha value is -3.00. The van der Waals surface area contributed by atoms with Crippen molar-refractivity contribution in [3.05, 3.63) is 65.2 Å². The normalized spacial score (nSPS) is 27.5. The Bertz CT molecular complexity index is 1110. The fraction of sp³-hybridized carbons (Fsp3) is 0.481. The first-order valence-corrected chi connectivity index (χ1v) is 12.4. The number of methoxy groups -OCH3 is 1. The lowest BCUT2D eigenvalue weighted by Gasteiger charge is -2.41. The number of ether oxygens (including phenoxy) is 1. The average Bonchev–Trinajstić information content (AvgIpc) is 3.32. The summed E-state index contributed by atoms with van der Waals surface area (Å²) in [6.45, 7) is 1.22. The SMILES string of the molecule is COC[C@@H]1Nc2ccccc2[C@H]2[C@@H]1CCN2C(=O)[C@H]1CCCC[C@H]1NC(=O)c1ccc(F)c(F)c1. The van der Waals surface area contributed by atoms with Crippen LogP contribution in [0.15, 0.2) is 42.5 Å². The third-order valence-electron chi connectivity index (χ3n) is 7.79. The van der Waals surface area contributed by atoms with Gasteiger partial charge in [0, 0.05) is 36.9 Å². The number of nitrogens with zero attached hydrogens (tertiary/aromatic N) is 1. The minimum absolute atomic E-state index is 0.0374. The molecule has 1 saturated carbocycles. The lowest BCUT2D eigenvalue weighted by molar-refractivity contribution is -0.139. The number of amides is 2. The predicted octanol–water partition coefficient (Wildman–Crippen LogP) is 4.28.